The molecule has 0 atom stereocenters. The van der Waals surface area contributed by atoms with Crippen molar-refractivity contribution in [3.05, 3.63) is 0 Å². The Balaban J connectivity index is -0.00000000114. The molecule has 0 spiro atoms. The molecule has 0 aliphatic rings. The predicted molar refractivity (Wildman–Crippen MR) is 38.0 cm³/mol. The van der Waals surface area contributed by atoms with Crippen molar-refractivity contribution >= 4 is 17.4 Å². The summed E-state index contributed by atoms with van der Waals surface area (Å²) in [6.07, 6.45) is 0. The molecule has 0 rings (SSSR count). The molecule has 0 unspecified atom stereocenters. The van der Waals surface area contributed by atoms with Gasteiger partial charge in [-0.25, -0.2) is 0 Å². The average molecular weight is 118 g/mol. The molecule has 0 aliphatic carbocycles. The molecule has 0 aromatic rings. The van der Waals surface area contributed by atoms with E-state index in [4.69, 9.17) is 0 Å². The first-order valence-corrected chi connectivity index (χ1v) is 2.00. The maximum Gasteiger partial charge on any atom is 1.00 e. The van der Waals surface area contributed by atoms with E-state index in [2.05, 4.69) is 0 Å². The van der Waals surface area contributed by atoms with Gasteiger partial charge in [0.25, 0.3) is 0 Å². The minimum atomic E-state index is 0. The maximum absolute atomic E-state index is 2.00. The van der Waals surface area contributed by atoms with Crippen molar-refractivity contribution in [1.29, 1.82) is 0 Å². The fourth-order valence-corrected chi connectivity index (χ4v) is 0. The van der Waals surface area contributed by atoms with E-state index < -0.39 is 0 Å². The Bertz CT molecular complexity index is 15.8. The summed E-state index contributed by atoms with van der Waals surface area (Å²) in [6, 6.07) is 0. The average Bonchev–Trinajstić information content (AvgIpc) is 1.50. The van der Waals surface area contributed by atoms with Crippen LogP contribution in [0, 0.1) is 0 Å². The monoisotopic (exact) mass is 118 g/mol. The molecule has 40 valence electrons. The first-order chi connectivity index (χ1) is 2.00. The van der Waals surface area contributed by atoms with E-state index in [1.807, 2.05) is 27.7 Å². The molecule has 0 aromatic heterocycles. The molecule has 0 heterocycles. The zero-order chi connectivity index (χ0) is 4.00. The van der Waals surface area contributed by atoms with Crippen LogP contribution in [0.4, 0.5) is 0 Å². The molecule has 0 aromatic carbocycles. The molecular formula is C4H20AlNa. The number of rotatable bonds is 0. The van der Waals surface area contributed by atoms with Crippen LogP contribution in [0.1, 0.15) is 32.0 Å². The van der Waals surface area contributed by atoms with Crippen LogP contribution < -0.4 is 29.6 Å². The van der Waals surface area contributed by atoms with Crippen LogP contribution in [-0.4, -0.2) is 17.4 Å². The van der Waals surface area contributed by atoms with E-state index in [1.165, 1.54) is 0 Å². The van der Waals surface area contributed by atoms with Crippen molar-refractivity contribution in [2.75, 3.05) is 0 Å². The van der Waals surface area contributed by atoms with Crippen LogP contribution >= 0.6 is 0 Å². The quantitative estimate of drug-likeness (QED) is 0.339. The second-order valence-electron chi connectivity index (χ2n) is 0. The summed E-state index contributed by atoms with van der Waals surface area (Å²) in [4.78, 5) is 0. The maximum atomic E-state index is 2.00. The largest absolute Gasteiger partial charge is 1.00 e. The van der Waals surface area contributed by atoms with Crippen LogP contribution in [0.5, 0.6) is 0 Å². The van der Waals surface area contributed by atoms with Gasteiger partial charge in [-0.3, -0.25) is 0 Å². The predicted octanol–water partition coefficient (Wildman–Crippen LogP) is -1.52. The number of hydrogen-bond donors (Lipinski definition) is 0. The van der Waals surface area contributed by atoms with Crippen molar-refractivity contribution in [3.63, 3.8) is 0 Å². The molecule has 0 saturated carbocycles. The Kier molecular flexibility index (Phi) is 366. The molecule has 0 aliphatic heterocycles. The van der Waals surface area contributed by atoms with Crippen LogP contribution in [0.2, 0.25) is 0 Å². The first kappa shape index (κ1) is 25.8. The summed E-state index contributed by atoms with van der Waals surface area (Å²) < 4.78 is 0. The van der Waals surface area contributed by atoms with E-state index in [-0.39, 0.29) is 51.2 Å². The van der Waals surface area contributed by atoms with Gasteiger partial charge in [-0.05, 0) is 0 Å². The Morgan fingerprint density at radius 1 is 1.00 bits per heavy atom. The van der Waals surface area contributed by atoms with E-state index in [9.17, 15) is 0 Å². The molecule has 0 N–H and O–H groups in total. The van der Waals surface area contributed by atoms with Crippen LogP contribution in [0.25, 0.3) is 0 Å². The molecule has 2 heteroatoms. The molecular weight excluding hydrogens is 98.0 g/mol. The molecule has 0 fully saturated rings. The molecule has 0 saturated heterocycles. The molecule has 0 radical (unpaired) electrons. The van der Waals surface area contributed by atoms with Crippen molar-refractivity contribution in [2.24, 2.45) is 0 Å². The third-order valence-corrected chi connectivity index (χ3v) is 0. The van der Waals surface area contributed by atoms with Crippen LogP contribution in [0.15, 0.2) is 0 Å². The second kappa shape index (κ2) is 85.1. The number of hydrogen-bond acceptors (Lipinski definition) is 0. The third kappa shape index (κ3) is 48.4. The summed E-state index contributed by atoms with van der Waals surface area (Å²) in [5.74, 6) is 0. The second-order valence-corrected chi connectivity index (χ2v) is 0. The van der Waals surface area contributed by atoms with Crippen molar-refractivity contribution in [1.82, 2.24) is 0 Å². The Morgan fingerprint density at radius 3 is 1.00 bits per heavy atom. The van der Waals surface area contributed by atoms with Gasteiger partial charge in [0.1, 0.15) is 0 Å². The van der Waals surface area contributed by atoms with Gasteiger partial charge in [-0.2, -0.15) is 0 Å². The van der Waals surface area contributed by atoms with Gasteiger partial charge in [0.2, 0.25) is 0 Å². The van der Waals surface area contributed by atoms with E-state index in [0.717, 1.165) is 0 Å². The Labute approximate surface area is 78.6 Å². The van der Waals surface area contributed by atoms with Crippen molar-refractivity contribution < 1.29 is 33.8 Å². The summed E-state index contributed by atoms with van der Waals surface area (Å²) >= 11 is 0. The fourth-order valence-electron chi connectivity index (χ4n) is 0. The van der Waals surface area contributed by atoms with Crippen LogP contribution in [0.3, 0.4) is 0 Å². The topological polar surface area (TPSA) is 0 Å². The Hall–Kier alpha value is 1.53. The van der Waals surface area contributed by atoms with Gasteiger partial charge >= 0.3 is 29.6 Å². The summed E-state index contributed by atoms with van der Waals surface area (Å²) in [5, 5.41) is 0. The van der Waals surface area contributed by atoms with Crippen molar-refractivity contribution in [3.8, 4) is 0 Å². The van der Waals surface area contributed by atoms with Gasteiger partial charge in [-0.1, -0.05) is 27.7 Å². The van der Waals surface area contributed by atoms with Gasteiger partial charge in [-0.15, -0.1) is 0 Å². The third-order valence-electron chi connectivity index (χ3n) is 0. The summed E-state index contributed by atoms with van der Waals surface area (Å²) in [6.45, 7) is 8.00. The van der Waals surface area contributed by atoms with Gasteiger partial charge in [0, 0.05) is 2.85 Å². The summed E-state index contributed by atoms with van der Waals surface area (Å²) in [5.41, 5.74) is 0. The zero-order valence-electron chi connectivity index (χ0n) is 6.00. The zero-order valence-corrected chi connectivity index (χ0v) is 7.00. The fraction of sp³-hybridized carbons (Fsp3) is 1.00. The van der Waals surface area contributed by atoms with E-state index in [1.54, 1.807) is 0 Å². The first-order valence-electron chi connectivity index (χ1n) is 2.00. The standard InChI is InChI=1S/2C2H6.Al.Na.2H2.4H/c2*1-2;;;;;;;;/h2*1-2H3;;;2*1H;;;;/q;;;+1;;;;;;-1. The summed E-state index contributed by atoms with van der Waals surface area (Å²) in [7, 11) is 0. The van der Waals surface area contributed by atoms with Gasteiger partial charge in [0.15, 0.2) is 17.4 Å². The minimum Gasteiger partial charge on any atom is -1.00 e. The molecule has 0 bridgehead atoms. The van der Waals surface area contributed by atoms with E-state index in [0.29, 0.717) is 0 Å². The Morgan fingerprint density at radius 2 is 1.00 bits per heavy atom. The van der Waals surface area contributed by atoms with Gasteiger partial charge < -0.3 is 1.43 Å². The SMILES string of the molecule is CC.CC.[AlH3].[H-].[HH].[HH].[Na+]. The minimum absolute atomic E-state index is 0. The normalized spacial score (nSPS) is 2.00. The van der Waals surface area contributed by atoms with Gasteiger partial charge in [0.05, 0.1) is 0 Å². The van der Waals surface area contributed by atoms with Crippen molar-refractivity contribution in [2.45, 2.75) is 27.7 Å². The van der Waals surface area contributed by atoms with Crippen LogP contribution in [-0.2, 0) is 0 Å². The smallest absolute Gasteiger partial charge is 1.00 e. The molecule has 0 nitrogen and oxygen atoms in total. The molecule has 6 heavy (non-hydrogen) atoms. The van der Waals surface area contributed by atoms with E-state index >= 15 is 0 Å². The molecule has 0 amide bonds.